The van der Waals surface area contributed by atoms with E-state index in [1.54, 1.807) is 29.7 Å². The molecule has 0 aliphatic rings. The summed E-state index contributed by atoms with van der Waals surface area (Å²) in [5.41, 5.74) is 1.09. The van der Waals surface area contributed by atoms with Crippen LogP contribution < -0.4 is 5.32 Å². The quantitative estimate of drug-likeness (QED) is 0.696. The zero-order valence-electron chi connectivity index (χ0n) is 11.4. The zero-order valence-corrected chi connectivity index (χ0v) is 13.0. The highest BCUT2D eigenvalue weighted by Crippen LogP contribution is 2.10. The fraction of sp³-hybridized carbons (Fsp3) is 0.385. The smallest absolute Gasteiger partial charge is 0.194 e. The molecule has 0 aliphatic carbocycles. The Morgan fingerprint density at radius 1 is 1.47 bits per heavy atom. The van der Waals surface area contributed by atoms with Gasteiger partial charge in [-0.25, -0.2) is 4.98 Å². The lowest BCUT2D eigenvalue weighted by atomic mass is 10.4. The Hall–Kier alpha value is -1.40. The van der Waals surface area contributed by atoms with E-state index in [2.05, 4.69) is 43.1 Å². The number of aromatic nitrogens is 1. The van der Waals surface area contributed by atoms with Gasteiger partial charge in [0.2, 0.25) is 0 Å². The molecule has 0 unspecified atom stereocenters. The molecule has 2 rings (SSSR count). The molecule has 2 heterocycles. The summed E-state index contributed by atoms with van der Waals surface area (Å²) in [6, 6.07) is 4.18. The SMILES string of the molecule is CN=C(NCc1cccs1)N(C)Cc1csc(C)n1. The lowest BCUT2D eigenvalue weighted by molar-refractivity contribution is 0.471. The minimum atomic E-state index is 0.772. The van der Waals surface area contributed by atoms with E-state index in [9.17, 15) is 0 Å². The number of aryl methyl sites for hydroxylation is 1. The first-order chi connectivity index (χ1) is 9.19. The standard InChI is InChI=1S/C13H18N4S2/c1-10-16-11(9-19-10)8-17(3)13(14-2)15-7-12-5-4-6-18-12/h4-6,9H,7-8H2,1-3H3,(H,14,15). The number of nitrogens with zero attached hydrogens (tertiary/aromatic N) is 3. The topological polar surface area (TPSA) is 40.5 Å². The van der Waals surface area contributed by atoms with Crippen molar-refractivity contribution in [1.29, 1.82) is 0 Å². The van der Waals surface area contributed by atoms with E-state index >= 15 is 0 Å². The van der Waals surface area contributed by atoms with Crippen LogP contribution in [0, 0.1) is 6.92 Å². The Bertz CT molecular complexity index is 531. The van der Waals surface area contributed by atoms with Gasteiger partial charge in [-0.15, -0.1) is 22.7 Å². The van der Waals surface area contributed by atoms with Gasteiger partial charge in [0.1, 0.15) is 0 Å². The highest BCUT2D eigenvalue weighted by Gasteiger charge is 2.08. The molecule has 0 fully saturated rings. The first-order valence-electron chi connectivity index (χ1n) is 6.04. The number of guanidine groups is 1. The first kappa shape index (κ1) is 14.0. The van der Waals surface area contributed by atoms with Gasteiger partial charge in [0, 0.05) is 24.4 Å². The Labute approximate surface area is 121 Å². The number of hydrogen-bond donors (Lipinski definition) is 1. The monoisotopic (exact) mass is 294 g/mol. The van der Waals surface area contributed by atoms with Crippen molar-refractivity contribution in [3.63, 3.8) is 0 Å². The average Bonchev–Trinajstić information content (AvgIpc) is 3.02. The van der Waals surface area contributed by atoms with Crippen molar-refractivity contribution in [2.75, 3.05) is 14.1 Å². The molecule has 0 radical (unpaired) electrons. The van der Waals surface area contributed by atoms with E-state index in [1.165, 1.54) is 4.88 Å². The minimum absolute atomic E-state index is 0.772. The number of aliphatic imine (C=N–C) groups is 1. The van der Waals surface area contributed by atoms with Gasteiger partial charge >= 0.3 is 0 Å². The normalized spacial score (nSPS) is 11.6. The van der Waals surface area contributed by atoms with Crippen LogP contribution in [0.25, 0.3) is 0 Å². The molecule has 2 aromatic heterocycles. The molecule has 1 N–H and O–H groups in total. The van der Waals surface area contributed by atoms with Crippen molar-refractivity contribution in [3.8, 4) is 0 Å². The van der Waals surface area contributed by atoms with Gasteiger partial charge in [-0.1, -0.05) is 6.07 Å². The first-order valence-corrected chi connectivity index (χ1v) is 7.80. The van der Waals surface area contributed by atoms with Crippen molar-refractivity contribution in [1.82, 2.24) is 15.2 Å². The molecule has 0 spiro atoms. The second-order valence-corrected chi connectivity index (χ2v) is 6.29. The largest absolute Gasteiger partial charge is 0.351 e. The summed E-state index contributed by atoms with van der Waals surface area (Å²) >= 11 is 3.43. The van der Waals surface area contributed by atoms with E-state index in [0.29, 0.717) is 0 Å². The maximum Gasteiger partial charge on any atom is 0.194 e. The van der Waals surface area contributed by atoms with E-state index < -0.39 is 0 Å². The number of rotatable bonds is 4. The minimum Gasteiger partial charge on any atom is -0.351 e. The fourth-order valence-electron chi connectivity index (χ4n) is 1.76. The van der Waals surface area contributed by atoms with Crippen molar-refractivity contribution >= 4 is 28.6 Å². The van der Waals surface area contributed by atoms with Crippen LogP contribution >= 0.6 is 22.7 Å². The van der Waals surface area contributed by atoms with E-state index in [0.717, 1.165) is 29.8 Å². The van der Waals surface area contributed by atoms with E-state index in [4.69, 9.17) is 0 Å². The van der Waals surface area contributed by atoms with E-state index in [1.807, 2.05) is 14.0 Å². The molecule has 0 aliphatic heterocycles. The van der Waals surface area contributed by atoms with Gasteiger partial charge in [-0.3, -0.25) is 4.99 Å². The predicted molar refractivity (Wildman–Crippen MR) is 82.8 cm³/mol. The molecule has 19 heavy (non-hydrogen) atoms. The Morgan fingerprint density at radius 3 is 2.89 bits per heavy atom. The molecule has 0 bridgehead atoms. The summed E-state index contributed by atoms with van der Waals surface area (Å²) in [5, 5.41) is 8.64. The molecule has 4 nitrogen and oxygen atoms in total. The Balaban J connectivity index is 1.90. The van der Waals surface area contributed by atoms with Crippen LogP contribution in [-0.2, 0) is 13.1 Å². The van der Waals surface area contributed by atoms with E-state index in [-0.39, 0.29) is 0 Å². The second-order valence-electron chi connectivity index (χ2n) is 4.19. The van der Waals surface area contributed by atoms with Gasteiger partial charge in [0.15, 0.2) is 5.96 Å². The second kappa shape index (κ2) is 6.68. The van der Waals surface area contributed by atoms with Crippen LogP contribution in [0.4, 0.5) is 0 Å². The lowest BCUT2D eigenvalue weighted by Crippen LogP contribution is -2.37. The van der Waals surface area contributed by atoms with Gasteiger partial charge in [-0.2, -0.15) is 0 Å². The van der Waals surface area contributed by atoms with Crippen LogP contribution in [0.1, 0.15) is 15.6 Å². The van der Waals surface area contributed by atoms with Crippen LogP contribution in [0.2, 0.25) is 0 Å². The van der Waals surface area contributed by atoms with Crippen LogP contribution in [-0.4, -0.2) is 29.9 Å². The summed E-state index contributed by atoms with van der Waals surface area (Å²) in [7, 11) is 3.83. The molecule has 6 heteroatoms. The third-order valence-corrected chi connectivity index (χ3v) is 4.34. The molecule has 2 aromatic rings. The molecule has 0 saturated heterocycles. The van der Waals surface area contributed by atoms with Crippen molar-refractivity contribution in [3.05, 3.63) is 38.5 Å². The molecule has 0 atom stereocenters. The van der Waals surface area contributed by atoms with Gasteiger partial charge in [-0.05, 0) is 18.4 Å². The lowest BCUT2D eigenvalue weighted by Gasteiger charge is -2.20. The summed E-state index contributed by atoms with van der Waals surface area (Å²) in [4.78, 5) is 12.2. The van der Waals surface area contributed by atoms with Gasteiger partial charge in [0.05, 0.1) is 23.8 Å². The highest BCUT2D eigenvalue weighted by molar-refractivity contribution is 7.10. The molecular weight excluding hydrogens is 276 g/mol. The summed E-state index contributed by atoms with van der Waals surface area (Å²) in [6.07, 6.45) is 0. The summed E-state index contributed by atoms with van der Waals surface area (Å²) < 4.78 is 0. The maximum absolute atomic E-state index is 4.47. The van der Waals surface area contributed by atoms with Crippen molar-refractivity contribution < 1.29 is 0 Å². The highest BCUT2D eigenvalue weighted by atomic mass is 32.1. The van der Waals surface area contributed by atoms with Crippen LogP contribution in [0.15, 0.2) is 27.9 Å². The number of thiazole rings is 1. The average molecular weight is 294 g/mol. The van der Waals surface area contributed by atoms with Gasteiger partial charge in [0.25, 0.3) is 0 Å². The molecule has 0 amide bonds. The van der Waals surface area contributed by atoms with Crippen molar-refractivity contribution in [2.24, 2.45) is 4.99 Å². The van der Waals surface area contributed by atoms with Gasteiger partial charge < -0.3 is 10.2 Å². The molecule has 102 valence electrons. The summed E-state index contributed by atoms with van der Waals surface area (Å²) in [5.74, 6) is 0.888. The predicted octanol–water partition coefficient (Wildman–Crippen LogP) is 2.72. The van der Waals surface area contributed by atoms with Crippen LogP contribution in [0.3, 0.4) is 0 Å². The Morgan fingerprint density at radius 2 is 2.32 bits per heavy atom. The van der Waals surface area contributed by atoms with Crippen molar-refractivity contribution in [2.45, 2.75) is 20.0 Å². The zero-order chi connectivity index (χ0) is 13.7. The third-order valence-electron chi connectivity index (χ3n) is 2.64. The van der Waals surface area contributed by atoms with Crippen LogP contribution in [0.5, 0.6) is 0 Å². The summed E-state index contributed by atoms with van der Waals surface area (Å²) in [6.45, 7) is 3.61. The molecular formula is C13H18N4S2. The fourth-order valence-corrected chi connectivity index (χ4v) is 3.01. The number of nitrogens with one attached hydrogen (secondary N) is 1. The maximum atomic E-state index is 4.47. The molecule has 0 aromatic carbocycles. The number of hydrogen-bond acceptors (Lipinski definition) is 4. The molecule has 0 saturated carbocycles. The third kappa shape index (κ3) is 4.04. The number of thiophene rings is 1. The Kier molecular flexibility index (Phi) is 4.93.